The molecule has 0 unspecified atom stereocenters. The Labute approximate surface area is 119 Å². The number of aryl methyl sites for hydroxylation is 1. The molecule has 0 saturated carbocycles. The predicted molar refractivity (Wildman–Crippen MR) is 77.9 cm³/mol. The zero-order valence-corrected chi connectivity index (χ0v) is 12.0. The lowest BCUT2D eigenvalue weighted by Gasteiger charge is -2.12. The van der Waals surface area contributed by atoms with Gasteiger partial charge in [0.1, 0.15) is 0 Å². The van der Waals surface area contributed by atoms with Crippen molar-refractivity contribution in [1.82, 2.24) is 15.5 Å². The molecule has 0 atom stereocenters. The quantitative estimate of drug-likeness (QED) is 0.840. The highest BCUT2D eigenvalue weighted by Gasteiger charge is 2.15. The SMILES string of the molecule is Cc1nc(CCNCc2ccc3c(c2)CCN3C)no1. The van der Waals surface area contributed by atoms with Crippen LogP contribution in [0.3, 0.4) is 0 Å². The van der Waals surface area contributed by atoms with Gasteiger partial charge < -0.3 is 14.7 Å². The van der Waals surface area contributed by atoms with Crippen LogP contribution in [0.4, 0.5) is 5.69 Å². The Balaban J connectivity index is 1.49. The largest absolute Gasteiger partial charge is 0.374 e. The van der Waals surface area contributed by atoms with Gasteiger partial charge in [0.15, 0.2) is 5.82 Å². The second-order valence-corrected chi connectivity index (χ2v) is 5.29. The van der Waals surface area contributed by atoms with Gasteiger partial charge in [0, 0.05) is 45.7 Å². The first-order chi connectivity index (χ1) is 9.72. The standard InChI is InChI=1S/C15H20N4O/c1-11-17-15(18-20-11)5-7-16-10-12-3-4-14-13(9-12)6-8-19(14)2/h3-4,9,16H,5-8,10H2,1-2H3. The summed E-state index contributed by atoms with van der Waals surface area (Å²) in [5, 5.41) is 7.31. The van der Waals surface area contributed by atoms with E-state index in [4.69, 9.17) is 4.52 Å². The highest BCUT2D eigenvalue weighted by Crippen LogP contribution is 2.27. The Kier molecular flexibility index (Phi) is 3.69. The van der Waals surface area contributed by atoms with E-state index >= 15 is 0 Å². The van der Waals surface area contributed by atoms with Crippen molar-refractivity contribution in [3.63, 3.8) is 0 Å². The first-order valence-corrected chi connectivity index (χ1v) is 7.05. The topological polar surface area (TPSA) is 54.2 Å². The first-order valence-electron chi connectivity index (χ1n) is 7.05. The highest BCUT2D eigenvalue weighted by molar-refractivity contribution is 5.58. The second-order valence-electron chi connectivity index (χ2n) is 5.29. The minimum absolute atomic E-state index is 0.628. The molecule has 1 aliphatic heterocycles. The number of nitrogens with zero attached hydrogens (tertiary/aromatic N) is 3. The fourth-order valence-corrected chi connectivity index (χ4v) is 2.61. The smallest absolute Gasteiger partial charge is 0.223 e. The van der Waals surface area contributed by atoms with Crippen molar-refractivity contribution < 1.29 is 4.52 Å². The van der Waals surface area contributed by atoms with Crippen molar-refractivity contribution in [1.29, 1.82) is 0 Å². The van der Waals surface area contributed by atoms with Crippen LogP contribution in [0.1, 0.15) is 22.8 Å². The van der Waals surface area contributed by atoms with E-state index in [-0.39, 0.29) is 0 Å². The van der Waals surface area contributed by atoms with Gasteiger partial charge in [0.25, 0.3) is 0 Å². The number of hydrogen-bond donors (Lipinski definition) is 1. The minimum Gasteiger partial charge on any atom is -0.374 e. The molecule has 1 aliphatic rings. The number of anilines is 1. The molecule has 1 aromatic carbocycles. The molecule has 3 rings (SSSR count). The molecule has 106 valence electrons. The summed E-state index contributed by atoms with van der Waals surface area (Å²) in [6, 6.07) is 6.73. The van der Waals surface area contributed by atoms with Crippen LogP contribution in [0.15, 0.2) is 22.7 Å². The molecule has 0 spiro atoms. The zero-order chi connectivity index (χ0) is 13.9. The van der Waals surface area contributed by atoms with Gasteiger partial charge in [-0.15, -0.1) is 0 Å². The van der Waals surface area contributed by atoms with Crippen molar-refractivity contribution in [3.8, 4) is 0 Å². The molecule has 2 aromatic rings. The van der Waals surface area contributed by atoms with Crippen LogP contribution in [-0.2, 0) is 19.4 Å². The van der Waals surface area contributed by atoms with E-state index in [9.17, 15) is 0 Å². The van der Waals surface area contributed by atoms with Crippen LogP contribution in [0.25, 0.3) is 0 Å². The summed E-state index contributed by atoms with van der Waals surface area (Å²) in [5.41, 5.74) is 4.17. The van der Waals surface area contributed by atoms with E-state index < -0.39 is 0 Å². The molecule has 1 aromatic heterocycles. The Hall–Kier alpha value is -1.88. The number of benzene rings is 1. The van der Waals surface area contributed by atoms with Crippen LogP contribution in [0, 0.1) is 6.92 Å². The van der Waals surface area contributed by atoms with Gasteiger partial charge in [-0.25, -0.2) is 0 Å². The summed E-state index contributed by atoms with van der Waals surface area (Å²) < 4.78 is 4.95. The van der Waals surface area contributed by atoms with E-state index in [2.05, 4.69) is 45.6 Å². The second kappa shape index (κ2) is 5.63. The number of likely N-dealkylation sites (N-methyl/N-ethyl adjacent to an activating group) is 1. The third kappa shape index (κ3) is 2.82. The maximum atomic E-state index is 4.95. The van der Waals surface area contributed by atoms with Crippen LogP contribution in [0.2, 0.25) is 0 Å². The van der Waals surface area contributed by atoms with Gasteiger partial charge >= 0.3 is 0 Å². The van der Waals surface area contributed by atoms with Crippen molar-refractivity contribution >= 4 is 5.69 Å². The summed E-state index contributed by atoms with van der Waals surface area (Å²) in [6.07, 6.45) is 1.95. The molecule has 0 saturated heterocycles. The number of aromatic nitrogens is 2. The number of hydrogen-bond acceptors (Lipinski definition) is 5. The molecule has 0 amide bonds. The minimum atomic E-state index is 0.628. The molecule has 0 bridgehead atoms. The lowest BCUT2D eigenvalue weighted by Crippen LogP contribution is -2.17. The van der Waals surface area contributed by atoms with Gasteiger partial charge in [0.05, 0.1) is 0 Å². The van der Waals surface area contributed by atoms with Crippen LogP contribution < -0.4 is 10.2 Å². The summed E-state index contributed by atoms with van der Waals surface area (Å²) in [6.45, 7) is 4.68. The maximum Gasteiger partial charge on any atom is 0.223 e. The predicted octanol–water partition coefficient (Wildman–Crippen LogP) is 1.70. The zero-order valence-electron chi connectivity index (χ0n) is 12.0. The Morgan fingerprint density at radius 3 is 3.10 bits per heavy atom. The fraction of sp³-hybridized carbons (Fsp3) is 0.467. The van der Waals surface area contributed by atoms with Crippen molar-refractivity contribution in [2.45, 2.75) is 26.3 Å². The highest BCUT2D eigenvalue weighted by atomic mass is 16.5. The molecular weight excluding hydrogens is 252 g/mol. The lowest BCUT2D eigenvalue weighted by molar-refractivity contribution is 0.387. The third-order valence-electron chi connectivity index (χ3n) is 3.70. The molecule has 0 radical (unpaired) electrons. The summed E-state index contributed by atoms with van der Waals surface area (Å²) in [5.74, 6) is 1.40. The summed E-state index contributed by atoms with van der Waals surface area (Å²) >= 11 is 0. The monoisotopic (exact) mass is 272 g/mol. The Morgan fingerprint density at radius 1 is 1.40 bits per heavy atom. The average molecular weight is 272 g/mol. The van der Waals surface area contributed by atoms with E-state index in [1.54, 1.807) is 0 Å². The molecule has 0 aliphatic carbocycles. The molecule has 1 N–H and O–H groups in total. The summed E-state index contributed by atoms with van der Waals surface area (Å²) in [4.78, 5) is 6.50. The molecule has 20 heavy (non-hydrogen) atoms. The number of fused-ring (bicyclic) bond motifs is 1. The number of nitrogens with one attached hydrogen (secondary N) is 1. The van der Waals surface area contributed by atoms with Crippen molar-refractivity contribution in [3.05, 3.63) is 41.0 Å². The molecule has 2 heterocycles. The normalized spacial score (nSPS) is 13.8. The van der Waals surface area contributed by atoms with E-state index in [1.807, 2.05) is 6.92 Å². The first kappa shape index (κ1) is 13.1. The van der Waals surface area contributed by atoms with Crippen LogP contribution in [-0.4, -0.2) is 30.3 Å². The lowest BCUT2D eigenvalue weighted by atomic mass is 10.1. The van der Waals surface area contributed by atoms with Gasteiger partial charge in [-0.05, 0) is 23.6 Å². The average Bonchev–Trinajstić information content (AvgIpc) is 3.02. The van der Waals surface area contributed by atoms with Crippen molar-refractivity contribution in [2.75, 3.05) is 25.0 Å². The van der Waals surface area contributed by atoms with Crippen molar-refractivity contribution in [2.24, 2.45) is 0 Å². The van der Waals surface area contributed by atoms with Crippen LogP contribution >= 0.6 is 0 Å². The van der Waals surface area contributed by atoms with E-state index in [1.165, 1.54) is 16.8 Å². The van der Waals surface area contributed by atoms with Gasteiger partial charge in [-0.1, -0.05) is 17.3 Å². The van der Waals surface area contributed by atoms with E-state index in [0.29, 0.717) is 5.89 Å². The Morgan fingerprint density at radius 2 is 2.30 bits per heavy atom. The van der Waals surface area contributed by atoms with Crippen LogP contribution in [0.5, 0.6) is 0 Å². The molecule has 0 fully saturated rings. The fourth-order valence-electron chi connectivity index (χ4n) is 2.61. The van der Waals surface area contributed by atoms with Gasteiger partial charge in [0.2, 0.25) is 5.89 Å². The Bertz CT molecular complexity index is 593. The maximum absolute atomic E-state index is 4.95. The molecule has 5 heteroatoms. The summed E-state index contributed by atoms with van der Waals surface area (Å²) in [7, 11) is 2.15. The van der Waals surface area contributed by atoms with Gasteiger partial charge in [-0.2, -0.15) is 4.98 Å². The van der Waals surface area contributed by atoms with E-state index in [0.717, 1.165) is 38.3 Å². The molecular formula is C15H20N4O. The van der Waals surface area contributed by atoms with Gasteiger partial charge in [-0.3, -0.25) is 0 Å². The molecule has 5 nitrogen and oxygen atoms in total. The number of rotatable bonds is 5. The third-order valence-corrected chi connectivity index (χ3v) is 3.70.